The number of anilines is 2. The summed E-state index contributed by atoms with van der Waals surface area (Å²) in [6.45, 7) is 3.63. The fourth-order valence-electron chi connectivity index (χ4n) is 6.05. The lowest BCUT2D eigenvalue weighted by Gasteiger charge is -2.39. The molecular weight excluding hydrogens is 464 g/mol. The second-order valence-corrected chi connectivity index (χ2v) is 11.3. The predicted molar refractivity (Wildman–Crippen MR) is 132 cm³/mol. The number of nitrogens with zero attached hydrogens (tertiary/aromatic N) is 4. The Kier molecular flexibility index (Phi) is 4.43. The number of thiophene rings is 1. The minimum atomic E-state index is -0.591. The minimum absolute atomic E-state index is 0.0351. The maximum absolute atomic E-state index is 13.6. The molecule has 1 saturated heterocycles. The van der Waals surface area contributed by atoms with Crippen LogP contribution in [0.25, 0.3) is 10.2 Å². The lowest BCUT2D eigenvalue weighted by molar-refractivity contribution is -0.139. The van der Waals surface area contributed by atoms with Gasteiger partial charge >= 0.3 is 0 Å². The number of hydrogen-bond acceptors (Lipinski definition) is 7. The van der Waals surface area contributed by atoms with Crippen molar-refractivity contribution in [2.24, 2.45) is 5.92 Å². The van der Waals surface area contributed by atoms with Gasteiger partial charge in [-0.15, -0.1) is 11.3 Å². The number of nitrogens with one attached hydrogen (secondary N) is 2. The Morgan fingerprint density at radius 3 is 2.77 bits per heavy atom. The van der Waals surface area contributed by atoms with Gasteiger partial charge in [-0.1, -0.05) is 0 Å². The molecule has 2 N–H and O–H groups in total. The van der Waals surface area contributed by atoms with Gasteiger partial charge in [0, 0.05) is 23.9 Å². The second-order valence-electron chi connectivity index (χ2n) is 10.2. The van der Waals surface area contributed by atoms with Crippen molar-refractivity contribution in [3.63, 3.8) is 0 Å². The van der Waals surface area contributed by atoms with Crippen LogP contribution >= 0.6 is 11.3 Å². The zero-order valence-electron chi connectivity index (χ0n) is 19.5. The molecule has 3 aromatic heterocycles. The summed E-state index contributed by atoms with van der Waals surface area (Å²) in [6.07, 6.45) is 7.49. The number of likely N-dealkylation sites (tertiary alicyclic amines) is 1. The highest BCUT2D eigenvalue weighted by atomic mass is 32.1. The highest BCUT2D eigenvalue weighted by Crippen LogP contribution is 2.43. The van der Waals surface area contributed by atoms with Crippen molar-refractivity contribution in [2.75, 3.05) is 18.4 Å². The van der Waals surface area contributed by atoms with Gasteiger partial charge in [-0.2, -0.15) is 0 Å². The minimum Gasteiger partial charge on any atom is -0.342 e. The number of pyridine rings is 1. The van der Waals surface area contributed by atoms with E-state index in [9.17, 15) is 14.4 Å². The lowest BCUT2D eigenvalue weighted by Crippen LogP contribution is -2.52. The summed E-state index contributed by atoms with van der Waals surface area (Å²) in [5, 5.41) is 7.29. The maximum atomic E-state index is 13.6. The summed E-state index contributed by atoms with van der Waals surface area (Å²) in [6, 6.07) is 1.75. The van der Waals surface area contributed by atoms with E-state index in [1.807, 2.05) is 11.8 Å². The Bertz CT molecular complexity index is 1480. The summed E-state index contributed by atoms with van der Waals surface area (Å²) >= 11 is 1.62. The standard InChI is InChI=1S/C25H26N6O3S/c1-13-10-16(24(34)31-19(13)21(32)29-25(31)6-2-7-25)28-20-18-15-5-4-14(23(33)30-8-3-9-30)11-17(15)35-22(18)27-12-26-20/h10,12,14H,2-9,11H2,1H3,(H,29,32)(H,26,27,28)/t14-/m0/s1. The number of hydrogen-bond donors (Lipinski definition) is 2. The van der Waals surface area contributed by atoms with Crippen molar-refractivity contribution in [3.8, 4) is 0 Å². The third-order valence-corrected chi connectivity index (χ3v) is 9.34. The first-order chi connectivity index (χ1) is 16.9. The Balaban J connectivity index is 1.27. The Morgan fingerprint density at radius 2 is 2.06 bits per heavy atom. The molecule has 0 unspecified atom stereocenters. The Hall–Kier alpha value is -3.27. The van der Waals surface area contributed by atoms with E-state index in [1.54, 1.807) is 22.0 Å². The van der Waals surface area contributed by atoms with Crippen molar-refractivity contribution in [1.29, 1.82) is 0 Å². The highest BCUT2D eigenvalue weighted by Gasteiger charge is 2.48. The second kappa shape index (κ2) is 7.36. The molecule has 2 fully saturated rings. The molecule has 180 valence electrons. The van der Waals surface area contributed by atoms with Crippen molar-refractivity contribution in [2.45, 2.75) is 57.5 Å². The predicted octanol–water partition coefficient (Wildman–Crippen LogP) is 2.82. The molecule has 9 nitrogen and oxygen atoms in total. The van der Waals surface area contributed by atoms with E-state index >= 15 is 0 Å². The van der Waals surface area contributed by atoms with Crippen LogP contribution in [0, 0.1) is 12.8 Å². The smallest absolute Gasteiger partial charge is 0.276 e. The molecule has 0 bridgehead atoms. The van der Waals surface area contributed by atoms with Crippen LogP contribution in [0.2, 0.25) is 0 Å². The van der Waals surface area contributed by atoms with Crippen LogP contribution in [0.1, 0.15) is 58.6 Å². The normalized spacial score (nSPS) is 21.8. The fourth-order valence-corrected chi connectivity index (χ4v) is 7.32. The molecule has 0 aromatic carbocycles. The SMILES string of the molecule is Cc1cc(Nc2ncnc3sc4c(c23)CC[C@H](C(=O)N2CCC2)C4)c(=O)n2c1C(=O)NC21CCC1. The van der Waals surface area contributed by atoms with Gasteiger partial charge in [-0.25, -0.2) is 9.97 Å². The topological polar surface area (TPSA) is 109 Å². The van der Waals surface area contributed by atoms with Crippen LogP contribution in [0.5, 0.6) is 0 Å². The lowest BCUT2D eigenvalue weighted by atomic mass is 9.85. The van der Waals surface area contributed by atoms with Crippen LogP contribution in [0.15, 0.2) is 17.2 Å². The molecule has 3 aromatic rings. The van der Waals surface area contributed by atoms with E-state index < -0.39 is 5.66 Å². The number of carbonyl (C=O) groups excluding carboxylic acids is 2. The molecule has 35 heavy (non-hydrogen) atoms. The fraction of sp³-hybridized carbons (Fsp3) is 0.480. The van der Waals surface area contributed by atoms with Crippen LogP contribution in [0.4, 0.5) is 11.5 Å². The molecule has 1 spiro atoms. The van der Waals surface area contributed by atoms with Gasteiger partial charge in [0.1, 0.15) is 34.0 Å². The van der Waals surface area contributed by atoms with E-state index in [-0.39, 0.29) is 23.3 Å². The highest BCUT2D eigenvalue weighted by molar-refractivity contribution is 7.19. The zero-order chi connectivity index (χ0) is 23.9. The van der Waals surface area contributed by atoms with Crippen LogP contribution < -0.4 is 16.2 Å². The molecule has 0 radical (unpaired) electrons. The van der Waals surface area contributed by atoms with Gasteiger partial charge in [-0.3, -0.25) is 19.0 Å². The molecular formula is C25H26N6O3S. The summed E-state index contributed by atoms with van der Waals surface area (Å²) in [4.78, 5) is 52.1. The maximum Gasteiger partial charge on any atom is 0.276 e. The molecule has 2 aliphatic heterocycles. The Labute approximate surface area is 205 Å². The summed E-state index contributed by atoms with van der Waals surface area (Å²) in [5.41, 5.74) is 2.02. The molecule has 1 atom stereocenters. The van der Waals surface area contributed by atoms with Gasteiger partial charge in [0.2, 0.25) is 5.91 Å². The van der Waals surface area contributed by atoms with Gasteiger partial charge < -0.3 is 15.5 Å². The van der Waals surface area contributed by atoms with E-state index in [2.05, 4.69) is 20.6 Å². The van der Waals surface area contributed by atoms with Crippen molar-refractivity contribution < 1.29 is 9.59 Å². The van der Waals surface area contributed by atoms with E-state index in [0.29, 0.717) is 17.2 Å². The van der Waals surface area contributed by atoms with Gasteiger partial charge in [0.15, 0.2) is 0 Å². The van der Waals surface area contributed by atoms with Crippen molar-refractivity contribution >= 4 is 44.9 Å². The van der Waals surface area contributed by atoms with E-state index in [0.717, 1.165) is 73.8 Å². The number of carbonyl (C=O) groups is 2. The third-order valence-electron chi connectivity index (χ3n) is 8.18. The van der Waals surface area contributed by atoms with E-state index in [1.165, 1.54) is 16.8 Å². The largest absolute Gasteiger partial charge is 0.342 e. The zero-order valence-corrected chi connectivity index (χ0v) is 20.3. The first kappa shape index (κ1) is 21.0. The average Bonchev–Trinajstić information content (AvgIpc) is 3.31. The number of aryl methyl sites for hydroxylation is 2. The molecule has 5 heterocycles. The first-order valence-electron chi connectivity index (χ1n) is 12.4. The molecule has 2 amide bonds. The summed E-state index contributed by atoms with van der Waals surface area (Å²) in [7, 11) is 0. The number of fused-ring (bicyclic) bond motifs is 5. The quantitative estimate of drug-likeness (QED) is 0.584. The molecule has 7 rings (SSSR count). The number of aromatic nitrogens is 3. The molecule has 1 saturated carbocycles. The summed E-state index contributed by atoms with van der Waals surface area (Å²) < 4.78 is 1.66. The van der Waals surface area contributed by atoms with Gasteiger partial charge in [0.05, 0.1) is 5.39 Å². The molecule has 4 aliphatic rings. The summed E-state index contributed by atoms with van der Waals surface area (Å²) in [5.74, 6) is 0.743. The third kappa shape index (κ3) is 2.95. The van der Waals surface area contributed by atoms with Crippen molar-refractivity contribution in [1.82, 2.24) is 24.8 Å². The number of rotatable bonds is 3. The van der Waals surface area contributed by atoms with Gasteiger partial charge in [-0.05, 0) is 69.1 Å². The molecule has 2 aliphatic carbocycles. The van der Waals surface area contributed by atoms with Crippen LogP contribution in [0.3, 0.4) is 0 Å². The monoisotopic (exact) mass is 490 g/mol. The molecule has 10 heteroatoms. The van der Waals surface area contributed by atoms with Crippen LogP contribution in [-0.4, -0.2) is 44.3 Å². The van der Waals surface area contributed by atoms with Crippen molar-refractivity contribution in [3.05, 3.63) is 44.4 Å². The first-order valence-corrected chi connectivity index (χ1v) is 13.2. The average molecular weight is 491 g/mol. The number of amides is 2. The van der Waals surface area contributed by atoms with Crippen LogP contribution in [-0.2, 0) is 23.3 Å². The van der Waals surface area contributed by atoms with E-state index in [4.69, 9.17) is 0 Å². The Morgan fingerprint density at radius 1 is 1.23 bits per heavy atom. The van der Waals surface area contributed by atoms with Gasteiger partial charge in [0.25, 0.3) is 11.5 Å².